The van der Waals surface area contributed by atoms with Crippen LogP contribution in [0.15, 0.2) is 75.7 Å². The molecule has 3 aromatic carbocycles. The first kappa shape index (κ1) is 30.4. The number of phenols is 1. The summed E-state index contributed by atoms with van der Waals surface area (Å²) in [7, 11) is -4.11. The predicted molar refractivity (Wildman–Crippen MR) is 166 cm³/mol. The molecule has 0 saturated carbocycles. The van der Waals surface area contributed by atoms with Crippen molar-refractivity contribution in [3.05, 3.63) is 77.1 Å². The molecule has 13 nitrogen and oxygen atoms in total. The van der Waals surface area contributed by atoms with E-state index < -0.39 is 27.3 Å². The maximum absolute atomic E-state index is 13.0. The van der Waals surface area contributed by atoms with Gasteiger partial charge >= 0.3 is 5.97 Å². The Balaban J connectivity index is 1.54. The van der Waals surface area contributed by atoms with Gasteiger partial charge in [0.1, 0.15) is 5.71 Å². The molecule has 4 aromatic rings. The van der Waals surface area contributed by atoms with Crippen LogP contribution in [0.5, 0.6) is 5.75 Å². The number of nitrogens with zero attached hydrogens (tertiary/aromatic N) is 5. The van der Waals surface area contributed by atoms with Crippen molar-refractivity contribution in [3.8, 4) is 17.1 Å². The summed E-state index contributed by atoms with van der Waals surface area (Å²) in [5.74, 6) is -1.32. The van der Waals surface area contributed by atoms with Crippen molar-refractivity contribution >= 4 is 62.0 Å². The molecule has 4 N–H and O–H groups in total. The van der Waals surface area contributed by atoms with Crippen molar-refractivity contribution in [1.82, 2.24) is 14.9 Å². The largest absolute Gasteiger partial charge is 0.504 e. The van der Waals surface area contributed by atoms with Crippen molar-refractivity contribution in [2.75, 3.05) is 10.0 Å². The Kier molecular flexibility index (Phi) is 7.74. The number of amides is 1. The first-order valence-electron chi connectivity index (χ1n) is 13.0. The number of carbonyl (C=O) groups is 2. The lowest BCUT2D eigenvalue weighted by atomic mass is 9.87. The first-order chi connectivity index (χ1) is 20.6. The van der Waals surface area contributed by atoms with E-state index >= 15 is 0 Å². The molecule has 1 aliphatic heterocycles. The molecular formula is C29H26ClN7O6S. The zero-order valence-electron chi connectivity index (χ0n) is 23.8. The van der Waals surface area contributed by atoms with Crippen LogP contribution in [0.4, 0.5) is 17.1 Å². The molecule has 1 amide bonds. The Morgan fingerprint density at radius 2 is 1.70 bits per heavy atom. The number of aliphatic imine (C=N–C) groups is 1. The van der Waals surface area contributed by atoms with Gasteiger partial charge in [-0.1, -0.05) is 50.6 Å². The molecule has 0 unspecified atom stereocenters. The van der Waals surface area contributed by atoms with Crippen molar-refractivity contribution in [3.63, 3.8) is 0 Å². The number of halogens is 1. The van der Waals surface area contributed by atoms with Gasteiger partial charge in [0, 0.05) is 23.6 Å². The van der Waals surface area contributed by atoms with E-state index in [0.29, 0.717) is 34.3 Å². The van der Waals surface area contributed by atoms with Gasteiger partial charge in [0.25, 0.3) is 10.0 Å². The van der Waals surface area contributed by atoms with Gasteiger partial charge in [-0.05, 0) is 42.5 Å². The van der Waals surface area contributed by atoms with Gasteiger partial charge in [0.2, 0.25) is 11.7 Å². The van der Waals surface area contributed by atoms with Gasteiger partial charge in [0.05, 0.1) is 32.6 Å². The SMILES string of the molecule is CC(=O)Nc1cc(N=C2C(C(C)(C)C)=Nn3c2nnc3-c2cccc(NS(=O)(=O)c3cccc(C(=O)O)c3)c2)cc(Cl)c1O. The lowest BCUT2D eigenvalue weighted by molar-refractivity contribution is -0.114. The number of sulfonamides is 1. The maximum Gasteiger partial charge on any atom is 0.335 e. The zero-order valence-corrected chi connectivity index (χ0v) is 25.4. The van der Waals surface area contributed by atoms with Crippen LogP contribution in [0.1, 0.15) is 43.9 Å². The summed E-state index contributed by atoms with van der Waals surface area (Å²) in [6.45, 7) is 7.14. The number of benzene rings is 3. The third-order valence-electron chi connectivity index (χ3n) is 6.35. The average molecular weight is 636 g/mol. The van der Waals surface area contributed by atoms with E-state index in [4.69, 9.17) is 21.7 Å². The molecule has 0 fully saturated rings. The third-order valence-corrected chi connectivity index (χ3v) is 8.02. The highest BCUT2D eigenvalue weighted by atomic mass is 35.5. The second kappa shape index (κ2) is 11.2. The number of nitrogens with one attached hydrogen (secondary N) is 2. The fourth-order valence-corrected chi connectivity index (χ4v) is 5.67. The molecule has 0 atom stereocenters. The standard InChI is InChI=1S/C29H26ClN7O6S/c1-15(38)31-22-14-19(13-21(30)24(22)39)32-23-25(29(2,3)4)35-37-26(33-34-27(23)37)16-7-5-9-18(11-16)36-44(42,43)20-10-6-8-17(12-20)28(40)41/h5-14,36,39H,1-4H3,(H,31,38)(H,40,41). The molecule has 226 valence electrons. The van der Waals surface area contributed by atoms with Crippen LogP contribution in [0.25, 0.3) is 11.4 Å². The van der Waals surface area contributed by atoms with Gasteiger partial charge in [-0.3, -0.25) is 9.52 Å². The number of carbonyl (C=O) groups excluding carboxylic acids is 1. The fraction of sp³-hybridized carbons (Fsp3) is 0.172. The molecule has 15 heteroatoms. The van der Waals surface area contributed by atoms with Gasteiger partial charge in [0.15, 0.2) is 11.6 Å². The Bertz CT molecular complexity index is 2010. The van der Waals surface area contributed by atoms with Gasteiger partial charge in [-0.25, -0.2) is 18.2 Å². The molecule has 5 rings (SSSR count). The normalized spacial score (nSPS) is 13.8. The van der Waals surface area contributed by atoms with Crippen LogP contribution in [-0.4, -0.2) is 56.8 Å². The molecule has 0 aliphatic carbocycles. The number of fused-ring (bicyclic) bond motifs is 1. The molecule has 1 aliphatic rings. The monoisotopic (exact) mass is 635 g/mol. The Morgan fingerprint density at radius 1 is 1.00 bits per heavy atom. The van der Waals surface area contributed by atoms with E-state index in [-0.39, 0.29) is 32.6 Å². The molecule has 1 aromatic heterocycles. The van der Waals surface area contributed by atoms with E-state index in [1.807, 2.05) is 20.8 Å². The van der Waals surface area contributed by atoms with E-state index in [1.165, 1.54) is 41.9 Å². The number of aromatic carboxylic acids is 1. The van der Waals surface area contributed by atoms with Crippen LogP contribution >= 0.6 is 11.6 Å². The molecule has 0 radical (unpaired) electrons. The number of aromatic hydroxyl groups is 1. The highest BCUT2D eigenvalue weighted by Gasteiger charge is 2.35. The minimum absolute atomic E-state index is 0.0149. The topological polar surface area (TPSA) is 188 Å². The average Bonchev–Trinajstić information content (AvgIpc) is 3.51. The second-order valence-electron chi connectivity index (χ2n) is 10.8. The third kappa shape index (κ3) is 6.02. The lowest BCUT2D eigenvalue weighted by Crippen LogP contribution is -2.27. The minimum atomic E-state index is -4.11. The summed E-state index contributed by atoms with van der Waals surface area (Å²) >= 11 is 6.21. The summed E-state index contributed by atoms with van der Waals surface area (Å²) in [4.78, 5) is 27.5. The molecule has 2 heterocycles. The number of hydrogen-bond acceptors (Lipinski definition) is 9. The lowest BCUT2D eigenvalue weighted by Gasteiger charge is -2.18. The number of hydrogen-bond donors (Lipinski definition) is 4. The van der Waals surface area contributed by atoms with Crippen LogP contribution < -0.4 is 10.0 Å². The number of phenolic OH excluding ortho intramolecular Hbond substituents is 1. The van der Waals surface area contributed by atoms with E-state index in [2.05, 4.69) is 20.2 Å². The summed E-state index contributed by atoms with van der Waals surface area (Å²) in [5.41, 5.74) is 1.41. The quantitative estimate of drug-likeness (QED) is 0.201. The number of aromatic nitrogens is 3. The predicted octanol–water partition coefficient (Wildman–Crippen LogP) is 5.15. The van der Waals surface area contributed by atoms with Crippen molar-refractivity contribution in [2.24, 2.45) is 15.5 Å². The summed E-state index contributed by atoms with van der Waals surface area (Å²) in [6.07, 6.45) is 0. The molecule has 0 spiro atoms. The Hall–Kier alpha value is -5.08. The minimum Gasteiger partial charge on any atom is -0.504 e. The van der Waals surface area contributed by atoms with Crippen LogP contribution in [-0.2, 0) is 14.8 Å². The summed E-state index contributed by atoms with van der Waals surface area (Å²) < 4.78 is 30.0. The number of carboxylic acids is 1. The Labute approximate surface area is 257 Å². The number of anilines is 2. The van der Waals surface area contributed by atoms with E-state index in [9.17, 15) is 28.2 Å². The van der Waals surface area contributed by atoms with Gasteiger partial charge in [-0.15, -0.1) is 10.2 Å². The maximum atomic E-state index is 13.0. The zero-order chi connectivity index (χ0) is 32.0. The number of rotatable bonds is 7. The van der Waals surface area contributed by atoms with E-state index in [0.717, 1.165) is 6.07 Å². The molecule has 0 saturated heterocycles. The molecular weight excluding hydrogens is 610 g/mol. The number of carboxylic acid groups (broad SMARTS) is 1. The molecule has 44 heavy (non-hydrogen) atoms. The van der Waals surface area contributed by atoms with Crippen molar-refractivity contribution < 1.29 is 28.2 Å². The second-order valence-corrected chi connectivity index (χ2v) is 12.9. The summed E-state index contributed by atoms with van der Waals surface area (Å²) in [5, 5.41) is 35.4. The molecule has 0 bridgehead atoms. The Morgan fingerprint density at radius 3 is 2.39 bits per heavy atom. The van der Waals surface area contributed by atoms with Crippen LogP contribution in [0, 0.1) is 5.41 Å². The highest BCUT2D eigenvalue weighted by Crippen LogP contribution is 2.38. The summed E-state index contributed by atoms with van der Waals surface area (Å²) in [6, 6.07) is 14.4. The van der Waals surface area contributed by atoms with Crippen molar-refractivity contribution in [2.45, 2.75) is 32.6 Å². The van der Waals surface area contributed by atoms with Gasteiger partial charge < -0.3 is 15.5 Å². The van der Waals surface area contributed by atoms with Gasteiger partial charge in [-0.2, -0.15) is 9.78 Å². The fourth-order valence-electron chi connectivity index (χ4n) is 4.36. The highest BCUT2D eigenvalue weighted by molar-refractivity contribution is 7.92. The first-order valence-corrected chi connectivity index (χ1v) is 14.9. The van der Waals surface area contributed by atoms with Crippen molar-refractivity contribution in [1.29, 1.82) is 0 Å². The van der Waals surface area contributed by atoms with E-state index in [1.54, 1.807) is 24.3 Å². The van der Waals surface area contributed by atoms with Crippen LogP contribution in [0.3, 0.4) is 0 Å². The van der Waals surface area contributed by atoms with Crippen LogP contribution in [0.2, 0.25) is 5.02 Å². The smallest absolute Gasteiger partial charge is 0.335 e.